The average Bonchev–Trinajstić information content (AvgIpc) is 2.63. The summed E-state index contributed by atoms with van der Waals surface area (Å²) in [6, 6.07) is 3.18. The summed E-state index contributed by atoms with van der Waals surface area (Å²) in [4.78, 5) is 43.5. The molecule has 1 aliphatic heterocycles. The summed E-state index contributed by atoms with van der Waals surface area (Å²) in [6.07, 6.45) is 3.26. The lowest BCUT2D eigenvalue weighted by Gasteiger charge is -2.33. The fraction of sp³-hybridized carbons (Fsp3) is 0.579. The van der Waals surface area contributed by atoms with Crippen LogP contribution in [0.25, 0.3) is 11.0 Å². The summed E-state index contributed by atoms with van der Waals surface area (Å²) in [5.74, 6) is 0.998. The zero-order valence-electron chi connectivity index (χ0n) is 15.9. The molecule has 3 rings (SSSR count). The molecule has 0 saturated carbocycles. The van der Waals surface area contributed by atoms with Gasteiger partial charge in [-0.25, -0.2) is 9.78 Å². The second-order valence-electron chi connectivity index (χ2n) is 7.66. The first-order valence-electron chi connectivity index (χ1n) is 9.15. The quantitative estimate of drug-likeness (QED) is 0.834. The molecule has 1 unspecified atom stereocenters. The fourth-order valence-corrected chi connectivity index (χ4v) is 3.84. The maximum atomic E-state index is 12.9. The van der Waals surface area contributed by atoms with Crippen LogP contribution in [0.5, 0.6) is 0 Å². The van der Waals surface area contributed by atoms with Crippen molar-refractivity contribution in [3.8, 4) is 0 Å². The summed E-state index contributed by atoms with van der Waals surface area (Å²) in [6.45, 7) is 5.87. The molecule has 1 fully saturated rings. The van der Waals surface area contributed by atoms with Gasteiger partial charge < -0.3 is 4.90 Å². The van der Waals surface area contributed by atoms with Gasteiger partial charge in [-0.1, -0.05) is 13.8 Å². The van der Waals surface area contributed by atoms with Gasteiger partial charge in [-0.3, -0.25) is 18.7 Å². The lowest BCUT2D eigenvalue weighted by molar-refractivity contribution is 0.0654. The average molecular weight is 358 g/mol. The van der Waals surface area contributed by atoms with Crippen LogP contribution in [0.1, 0.15) is 43.6 Å². The van der Waals surface area contributed by atoms with Crippen LogP contribution in [0.4, 0.5) is 0 Å². The van der Waals surface area contributed by atoms with E-state index in [9.17, 15) is 14.4 Å². The van der Waals surface area contributed by atoms with Crippen LogP contribution in [0.3, 0.4) is 0 Å². The Morgan fingerprint density at radius 1 is 1.23 bits per heavy atom. The number of nitrogens with zero attached hydrogens (tertiary/aromatic N) is 4. The molecule has 7 nitrogen and oxygen atoms in total. The molecule has 140 valence electrons. The third kappa shape index (κ3) is 3.30. The molecule has 0 aromatic carbocycles. The molecule has 0 radical (unpaired) electrons. The second kappa shape index (κ2) is 7.05. The summed E-state index contributed by atoms with van der Waals surface area (Å²) < 4.78 is 2.36. The first-order valence-corrected chi connectivity index (χ1v) is 9.15. The molecule has 7 heteroatoms. The van der Waals surface area contributed by atoms with E-state index in [4.69, 9.17) is 0 Å². The molecule has 0 spiro atoms. The predicted octanol–water partition coefficient (Wildman–Crippen LogP) is 1.53. The number of carbonyl (C=O) groups excluding carboxylic acids is 1. The minimum Gasteiger partial charge on any atom is -0.337 e. The van der Waals surface area contributed by atoms with Crippen molar-refractivity contribution in [2.24, 2.45) is 25.9 Å². The lowest BCUT2D eigenvalue weighted by atomic mass is 9.89. The lowest BCUT2D eigenvalue weighted by Crippen LogP contribution is -2.41. The maximum Gasteiger partial charge on any atom is 0.332 e. The highest BCUT2D eigenvalue weighted by atomic mass is 16.2. The zero-order valence-corrected chi connectivity index (χ0v) is 15.9. The van der Waals surface area contributed by atoms with E-state index < -0.39 is 11.2 Å². The van der Waals surface area contributed by atoms with Crippen LogP contribution >= 0.6 is 0 Å². The smallest absolute Gasteiger partial charge is 0.332 e. The molecule has 0 bridgehead atoms. The number of amides is 1. The van der Waals surface area contributed by atoms with Gasteiger partial charge >= 0.3 is 5.69 Å². The van der Waals surface area contributed by atoms with Crippen molar-refractivity contribution in [3.05, 3.63) is 38.7 Å². The molecular weight excluding hydrogens is 332 g/mol. The molecule has 1 saturated heterocycles. The van der Waals surface area contributed by atoms with Gasteiger partial charge in [0.05, 0.1) is 5.39 Å². The van der Waals surface area contributed by atoms with Gasteiger partial charge in [0.2, 0.25) is 0 Å². The molecule has 2 aromatic heterocycles. The van der Waals surface area contributed by atoms with Gasteiger partial charge in [-0.2, -0.15) is 0 Å². The van der Waals surface area contributed by atoms with Crippen LogP contribution in [0.2, 0.25) is 0 Å². The van der Waals surface area contributed by atoms with Crippen LogP contribution in [-0.4, -0.2) is 38.0 Å². The van der Waals surface area contributed by atoms with E-state index in [-0.39, 0.29) is 17.2 Å². The molecule has 1 amide bonds. The van der Waals surface area contributed by atoms with Crippen molar-refractivity contribution in [1.82, 2.24) is 19.0 Å². The van der Waals surface area contributed by atoms with E-state index in [1.54, 1.807) is 19.2 Å². The van der Waals surface area contributed by atoms with Crippen molar-refractivity contribution >= 4 is 16.9 Å². The van der Waals surface area contributed by atoms with Crippen molar-refractivity contribution in [2.45, 2.75) is 33.1 Å². The number of carbonyl (C=O) groups is 1. The van der Waals surface area contributed by atoms with Crippen LogP contribution in [0.15, 0.2) is 21.7 Å². The van der Waals surface area contributed by atoms with Crippen molar-refractivity contribution in [1.29, 1.82) is 0 Å². The topological polar surface area (TPSA) is 77.2 Å². The first-order chi connectivity index (χ1) is 12.3. The fourth-order valence-electron chi connectivity index (χ4n) is 3.84. The number of aromatic nitrogens is 3. The third-order valence-electron chi connectivity index (χ3n) is 5.13. The standard InChI is InChI=1S/C19H26N4O3/c1-12(2)10-13-6-5-9-23(11-13)18(25)15-8-7-14-16(20-15)21(3)19(26)22(4)17(14)24/h7-8,12-13H,5-6,9-11H2,1-4H3. The zero-order chi connectivity index (χ0) is 19.0. The molecule has 1 atom stereocenters. The van der Waals surface area contributed by atoms with Gasteiger partial charge in [0.1, 0.15) is 11.3 Å². The summed E-state index contributed by atoms with van der Waals surface area (Å²) >= 11 is 0. The van der Waals surface area contributed by atoms with Gasteiger partial charge in [0, 0.05) is 27.2 Å². The molecule has 3 heterocycles. The normalized spacial score (nSPS) is 17.9. The molecule has 26 heavy (non-hydrogen) atoms. The molecule has 0 N–H and O–H groups in total. The van der Waals surface area contributed by atoms with Crippen LogP contribution in [-0.2, 0) is 14.1 Å². The third-order valence-corrected chi connectivity index (χ3v) is 5.13. The molecule has 2 aromatic rings. The Morgan fingerprint density at radius 3 is 2.65 bits per heavy atom. The number of aryl methyl sites for hydroxylation is 1. The minimum absolute atomic E-state index is 0.131. The Kier molecular flexibility index (Phi) is 4.98. The number of hydrogen-bond donors (Lipinski definition) is 0. The van der Waals surface area contributed by atoms with Gasteiger partial charge in [0.25, 0.3) is 11.5 Å². The number of fused-ring (bicyclic) bond motifs is 1. The monoisotopic (exact) mass is 358 g/mol. The van der Waals surface area contributed by atoms with E-state index >= 15 is 0 Å². The van der Waals surface area contributed by atoms with E-state index in [2.05, 4.69) is 18.8 Å². The Morgan fingerprint density at radius 2 is 1.96 bits per heavy atom. The van der Waals surface area contributed by atoms with Crippen LogP contribution < -0.4 is 11.2 Å². The number of rotatable bonds is 3. The number of likely N-dealkylation sites (tertiary alicyclic amines) is 1. The van der Waals surface area contributed by atoms with E-state index in [1.807, 2.05) is 4.90 Å². The van der Waals surface area contributed by atoms with E-state index in [0.717, 1.165) is 36.9 Å². The highest BCUT2D eigenvalue weighted by Crippen LogP contribution is 2.24. The molecular formula is C19H26N4O3. The highest BCUT2D eigenvalue weighted by Gasteiger charge is 2.26. The van der Waals surface area contributed by atoms with Crippen molar-refractivity contribution in [2.75, 3.05) is 13.1 Å². The number of piperidine rings is 1. The maximum absolute atomic E-state index is 12.9. The minimum atomic E-state index is -0.449. The summed E-state index contributed by atoms with van der Waals surface area (Å²) in [7, 11) is 3.00. The summed E-state index contributed by atoms with van der Waals surface area (Å²) in [5.41, 5.74) is -0.315. The molecule has 1 aliphatic rings. The van der Waals surface area contributed by atoms with Gasteiger partial charge in [-0.15, -0.1) is 0 Å². The van der Waals surface area contributed by atoms with Crippen LogP contribution in [0, 0.1) is 11.8 Å². The molecule has 0 aliphatic carbocycles. The highest BCUT2D eigenvalue weighted by molar-refractivity contribution is 5.94. The first kappa shape index (κ1) is 18.4. The Balaban J connectivity index is 1.94. The van der Waals surface area contributed by atoms with E-state index in [1.165, 1.54) is 11.6 Å². The second-order valence-corrected chi connectivity index (χ2v) is 7.66. The predicted molar refractivity (Wildman–Crippen MR) is 100 cm³/mol. The Hall–Kier alpha value is -2.44. The Labute approximate surface area is 152 Å². The summed E-state index contributed by atoms with van der Waals surface area (Å²) in [5, 5.41) is 0.336. The van der Waals surface area contributed by atoms with Crippen molar-refractivity contribution < 1.29 is 4.79 Å². The van der Waals surface area contributed by atoms with Crippen molar-refractivity contribution in [3.63, 3.8) is 0 Å². The SMILES string of the molecule is CC(C)CC1CCCN(C(=O)c2ccc3c(=O)n(C)c(=O)n(C)c3n2)C1. The van der Waals surface area contributed by atoms with E-state index in [0.29, 0.717) is 17.2 Å². The Bertz CT molecular complexity index is 958. The number of pyridine rings is 1. The van der Waals surface area contributed by atoms with Gasteiger partial charge in [0.15, 0.2) is 0 Å². The number of hydrogen-bond acceptors (Lipinski definition) is 4. The largest absolute Gasteiger partial charge is 0.337 e. The van der Waals surface area contributed by atoms with Gasteiger partial charge in [-0.05, 0) is 43.2 Å².